The minimum absolute atomic E-state index is 0.147. The van der Waals surface area contributed by atoms with Crippen LogP contribution >= 0.6 is 23.4 Å². The predicted octanol–water partition coefficient (Wildman–Crippen LogP) is -1.24. The van der Waals surface area contributed by atoms with Crippen LogP contribution in [-0.4, -0.2) is 88.0 Å². The van der Waals surface area contributed by atoms with Gasteiger partial charge in [0, 0.05) is 10.8 Å². The number of aromatic nitrogens is 3. The van der Waals surface area contributed by atoms with Gasteiger partial charge in [-0.1, -0.05) is 35.5 Å². The van der Waals surface area contributed by atoms with Gasteiger partial charge in [0.15, 0.2) is 5.82 Å². The van der Waals surface area contributed by atoms with E-state index in [4.69, 9.17) is 16.7 Å². The summed E-state index contributed by atoms with van der Waals surface area (Å²) in [5.74, 6) is 0.355. The Labute approximate surface area is 168 Å². The van der Waals surface area contributed by atoms with Crippen LogP contribution in [0, 0.1) is 0 Å². The minimum Gasteiger partial charge on any atom is -0.394 e. The summed E-state index contributed by atoms with van der Waals surface area (Å²) in [5, 5.41) is 71.7. The molecule has 1 aliphatic rings. The lowest BCUT2D eigenvalue weighted by Crippen LogP contribution is -2.48. The molecule has 10 nitrogen and oxygen atoms in total. The molecule has 0 radical (unpaired) electrons. The molecule has 0 bridgehead atoms. The number of nitrogens with zero attached hydrogens (tertiary/aromatic N) is 4. The Bertz CT molecular complexity index is 848. The van der Waals surface area contributed by atoms with E-state index in [9.17, 15) is 25.5 Å². The van der Waals surface area contributed by atoms with Crippen LogP contribution in [0.3, 0.4) is 0 Å². The number of aliphatic hydroxyl groups is 6. The zero-order chi connectivity index (χ0) is 20.4. The van der Waals surface area contributed by atoms with Crippen LogP contribution < -0.4 is 0 Å². The summed E-state index contributed by atoms with van der Waals surface area (Å²) >= 11 is 7.21. The largest absolute Gasteiger partial charge is 0.394 e. The third-order valence-electron chi connectivity index (χ3n) is 4.24. The fourth-order valence-corrected chi connectivity index (χ4v) is 3.56. The van der Waals surface area contributed by atoms with E-state index in [-0.39, 0.29) is 5.82 Å². The Balaban J connectivity index is 1.86. The first-order chi connectivity index (χ1) is 13.3. The Morgan fingerprint density at radius 1 is 1.00 bits per heavy atom. The summed E-state index contributed by atoms with van der Waals surface area (Å²) in [6.07, 6.45) is -9.17. The van der Waals surface area contributed by atoms with Gasteiger partial charge in [-0.05, 0) is 17.7 Å². The van der Waals surface area contributed by atoms with E-state index in [1.54, 1.807) is 24.3 Å². The number of benzene rings is 1. The summed E-state index contributed by atoms with van der Waals surface area (Å²) in [6, 6.07) is 7.02. The fraction of sp³-hybridized carbons (Fsp3) is 0.438. The molecule has 2 aromatic rings. The van der Waals surface area contributed by atoms with Gasteiger partial charge < -0.3 is 30.6 Å². The summed E-state index contributed by atoms with van der Waals surface area (Å²) < 4.78 is 1.24. The summed E-state index contributed by atoms with van der Waals surface area (Å²) in [7, 11) is 0. The number of hydrogen-bond donors (Lipinski definition) is 6. The number of halogens is 1. The highest BCUT2D eigenvalue weighted by atomic mass is 35.5. The van der Waals surface area contributed by atoms with Gasteiger partial charge in [-0.2, -0.15) is 9.78 Å². The van der Waals surface area contributed by atoms with E-state index in [1.807, 2.05) is 0 Å². The second kappa shape index (κ2) is 8.84. The zero-order valence-electron chi connectivity index (χ0n) is 14.4. The van der Waals surface area contributed by atoms with E-state index < -0.39 is 37.1 Å². The maximum atomic E-state index is 10.4. The molecule has 28 heavy (non-hydrogen) atoms. The number of fused-ring (bicyclic) bond motifs is 1. The normalized spacial score (nSPS) is 19.3. The standard InChI is InChI=1S/C16H19ClN4O6S/c17-8-3-1-7(2-4-8)9-6-28-16-19-18-15(21(16)20-9)14(27)13(26)12(25)11(24)10(23)5-22/h1-4,10-14,22-27H,5-6H2/t10-,11-,12+,13-,14+/m1/s1. The van der Waals surface area contributed by atoms with Crippen molar-refractivity contribution in [3.63, 3.8) is 0 Å². The van der Waals surface area contributed by atoms with Crippen LogP contribution in [0.5, 0.6) is 0 Å². The number of aliphatic hydroxyl groups excluding tert-OH is 6. The first kappa shape index (κ1) is 21.1. The van der Waals surface area contributed by atoms with Crippen molar-refractivity contribution in [3.05, 3.63) is 40.7 Å². The van der Waals surface area contributed by atoms with Crippen molar-refractivity contribution < 1.29 is 30.6 Å². The van der Waals surface area contributed by atoms with Crippen LogP contribution in [0.4, 0.5) is 0 Å². The lowest BCUT2D eigenvalue weighted by atomic mass is 9.99. The molecule has 3 rings (SSSR count). The molecule has 1 aromatic carbocycles. The van der Waals surface area contributed by atoms with E-state index >= 15 is 0 Å². The monoisotopic (exact) mass is 430 g/mol. The van der Waals surface area contributed by atoms with E-state index in [0.717, 1.165) is 5.56 Å². The van der Waals surface area contributed by atoms with Crippen molar-refractivity contribution in [1.29, 1.82) is 0 Å². The van der Waals surface area contributed by atoms with Gasteiger partial charge in [-0.15, -0.1) is 10.2 Å². The van der Waals surface area contributed by atoms with Crippen molar-refractivity contribution >= 4 is 29.1 Å². The minimum atomic E-state index is -1.94. The molecule has 152 valence electrons. The molecule has 0 aliphatic carbocycles. The van der Waals surface area contributed by atoms with E-state index in [0.29, 0.717) is 21.6 Å². The first-order valence-corrected chi connectivity index (χ1v) is 9.63. The molecule has 0 spiro atoms. The van der Waals surface area contributed by atoms with Gasteiger partial charge in [0.2, 0.25) is 5.16 Å². The first-order valence-electron chi connectivity index (χ1n) is 8.26. The second-order valence-electron chi connectivity index (χ2n) is 6.16. The molecule has 2 heterocycles. The molecule has 1 aliphatic heterocycles. The maximum Gasteiger partial charge on any atom is 0.212 e. The van der Waals surface area contributed by atoms with Gasteiger partial charge in [-0.3, -0.25) is 0 Å². The molecule has 1 aromatic heterocycles. The average Bonchev–Trinajstić information content (AvgIpc) is 3.14. The third kappa shape index (κ3) is 4.21. The molecule has 5 atom stereocenters. The topological polar surface area (TPSA) is 164 Å². The summed E-state index contributed by atoms with van der Waals surface area (Å²) in [6.45, 7) is -0.827. The lowest BCUT2D eigenvalue weighted by molar-refractivity contribution is -0.142. The smallest absolute Gasteiger partial charge is 0.212 e. The maximum absolute atomic E-state index is 10.4. The zero-order valence-corrected chi connectivity index (χ0v) is 15.9. The van der Waals surface area contributed by atoms with Crippen LogP contribution in [0.15, 0.2) is 34.5 Å². The highest BCUT2D eigenvalue weighted by Crippen LogP contribution is 2.28. The number of rotatable bonds is 7. The van der Waals surface area contributed by atoms with Crippen molar-refractivity contribution in [1.82, 2.24) is 14.9 Å². The van der Waals surface area contributed by atoms with Crippen molar-refractivity contribution in [2.24, 2.45) is 5.10 Å². The molecule has 6 N–H and O–H groups in total. The van der Waals surface area contributed by atoms with Crippen LogP contribution in [-0.2, 0) is 0 Å². The van der Waals surface area contributed by atoms with Crippen molar-refractivity contribution in [3.8, 4) is 0 Å². The van der Waals surface area contributed by atoms with Gasteiger partial charge in [0.1, 0.15) is 30.5 Å². The van der Waals surface area contributed by atoms with Gasteiger partial charge in [0.05, 0.1) is 12.3 Å². The van der Waals surface area contributed by atoms with E-state index in [1.165, 1.54) is 16.4 Å². The predicted molar refractivity (Wildman–Crippen MR) is 100 cm³/mol. The Hall–Kier alpha value is -1.57. The molecule has 0 saturated carbocycles. The second-order valence-corrected chi connectivity index (χ2v) is 7.54. The Morgan fingerprint density at radius 3 is 2.32 bits per heavy atom. The average molecular weight is 431 g/mol. The third-order valence-corrected chi connectivity index (χ3v) is 5.42. The highest BCUT2D eigenvalue weighted by molar-refractivity contribution is 7.99. The Morgan fingerprint density at radius 2 is 1.68 bits per heavy atom. The van der Waals surface area contributed by atoms with Crippen LogP contribution in [0.1, 0.15) is 17.5 Å². The van der Waals surface area contributed by atoms with Gasteiger partial charge in [-0.25, -0.2) is 0 Å². The SMILES string of the molecule is OC[C@@H](O)[C@@H](O)[C@H](O)[C@@H](O)[C@H](O)c1nnc2n1N=C(c1ccc(Cl)cc1)CS2. The highest BCUT2D eigenvalue weighted by Gasteiger charge is 2.37. The van der Waals surface area contributed by atoms with Gasteiger partial charge >= 0.3 is 0 Å². The molecule has 0 unspecified atom stereocenters. The van der Waals surface area contributed by atoms with Crippen LogP contribution in [0.25, 0.3) is 0 Å². The molecule has 12 heteroatoms. The van der Waals surface area contributed by atoms with Crippen molar-refractivity contribution in [2.45, 2.75) is 35.7 Å². The Kier molecular flexibility index (Phi) is 6.68. The summed E-state index contributed by atoms with van der Waals surface area (Å²) in [5.41, 5.74) is 1.46. The molecule has 0 saturated heterocycles. The lowest BCUT2D eigenvalue weighted by Gasteiger charge is -2.28. The van der Waals surface area contributed by atoms with Gasteiger partial charge in [0.25, 0.3) is 0 Å². The van der Waals surface area contributed by atoms with Crippen molar-refractivity contribution in [2.75, 3.05) is 12.4 Å². The van der Waals surface area contributed by atoms with E-state index in [2.05, 4.69) is 15.3 Å². The quantitative estimate of drug-likeness (QED) is 0.315. The van der Waals surface area contributed by atoms with Crippen LogP contribution in [0.2, 0.25) is 5.02 Å². The summed E-state index contributed by atoms with van der Waals surface area (Å²) in [4.78, 5) is 0. The number of thioether (sulfide) groups is 1. The number of hydrogen-bond acceptors (Lipinski definition) is 10. The molecular weight excluding hydrogens is 412 g/mol. The molecule has 0 amide bonds. The molecule has 0 fully saturated rings. The molecular formula is C16H19ClN4O6S. The fourth-order valence-electron chi connectivity index (χ4n) is 2.59.